The molecular weight excluding hydrogens is 164 g/mol. The van der Waals surface area contributed by atoms with Gasteiger partial charge in [-0.05, 0) is 17.7 Å². The first-order valence-corrected chi connectivity index (χ1v) is 4.13. The van der Waals surface area contributed by atoms with Crippen molar-refractivity contribution >= 4 is 12.0 Å². The summed E-state index contributed by atoms with van der Waals surface area (Å²) < 4.78 is 0. The van der Waals surface area contributed by atoms with Gasteiger partial charge >= 0.3 is 0 Å². The molecule has 0 radical (unpaired) electrons. The van der Waals surface area contributed by atoms with Crippen molar-refractivity contribution < 1.29 is 5.11 Å². The first-order chi connectivity index (χ1) is 6.22. The van der Waals surface area contributed by atoms with Gasteiger partial charge in [-0.3, -0.25) is 0 Å². The van der Waals surface area contributed by atoms with Crippen LogP contribution in [0.15, 0.2) is 29.3 Å². The third kappa shape index (κ3) is 3.25. The molecule has 3 nitrogen and oxygen atoms in total. The Morgan fingerprint density at radius 1 is 1.46 bits per heavy atom. The molecule has 1 N–H and O–H groups in total. The van der Waals surface area contributed by atoms with E-state index >= 15 is 0 Å². The van der Waals surface area contributed by atoms with Crippen LogP contribution in [0.25, 0.3) is 0 Å². The van der Waals surface area contributed by atoms with Crippen LogP contribution in [-0.4, -0.2) is 30.4 Å². The van der Waals surface area contributed by atoms with Gasteiger partial charge in [-0.1, -0.05) is 12.1 Å². The third-order valence-electron chi connectivity index (χ3n) is 1.53. The van der Waals surface area contributed by atoms with Crippen LogP contribution in [0.1, 0.15) is 5.56 Å². The van der Waals surface area contributed by atoms with Gasteiger partial charge in [0.25, 0.3) is 0 Å². The van der Waals surface area contributed by atoms with Crippen molar-refractivity contribution in [3.05, 3.63) is 29.8 Å². The summed E-state index contributed by atoms with van der Waals surface area (Å²) >= 11 is 0. The van der Waals surface area contributed by atoms with Crippen LogP contribution in [0.5, 0.6) is 0 Å². The monoisotopic (exact) mass is 178 g/mol. The van der Waals surface area contributed by atoms with Crippen molar-refractivity contribution in [2.24, 2.45) is 4.99 Å². The minimum atomic E-state index is 0.0608. The first-order valence-electron chi connectivity index (χ1n) is 4.13. The zero-order chi connectivity index (χ0) is 9.68. The maximum atomic E-state index is 8.88. The van der Waals surface area contributed by atoms with Gasteiger partial charge in [-0.2, -0.15) is 0 Å². The van der Waals surface area contributed by atoms with Crippen molar-refractivity contribution in [2.45, 2.75) is 6.61 Å². The number of nitrogens with zero attached hydrogens (tertiary/aromatic N) is 2. The molecule has 0 unspecified atom stereocenters. The Labute approximate surface area is 78.3 Å². The Hall–Kier alpha value is -1.35. The molecule has 0 fully saturated rings. The highest BCUT2D eigenvalue weighted by atomic mass is 16.3. The van der Waals surface area contributed by atoms with E-state index in [9.17, 15) is 0 Å². The lowest BCUT2D eigenvalue weighted by Gasteiger charge is -2.02. The normalized spacial score (nSPS) is 10.7. The molecule has 70 valence electrons. The van der Waals surface area contributed by atoms with Gasteiger partial charge in [-0.15, -0.1) is 0 Å². The lowest BCUT2D eigenvalue weighted by molar-refractivity contribution is 0.282. The fraction of sp³-hybridized carbons (Fsp3) is 0.300. The maximum Gasteiger partial charge on any atom is 0.0907 e. The summed E-state index contributed by atoms with van der Waals surface area (Å²) in [6.45, 7) is 0.0608. The van der Waals surface area contributed by atoms with E-state index in [1.165, 1.54) is 0 Å². The lowest BCUT2D eigenvalue weighted by Crippen LogP contribution is -2.06. The van der Waals surface area contributed by atoms with Crippen molar-refractivity contribution in [1.82, 2.24) is 4.90 Å². The number of hydrogen-bond donors (Lipinski definition) is 1. The average molecular weight is 178 g/mol. The molecule has 0 aromatic heterocycles. The minimum absolute atomic E-state index is 0.0608. The second kappa shape index (κ2) is 4.62. The van der Waals surface area contributed by atoms with Crippen LogP contribution < -0.4 is 0 Å². The fourth-order valence-electron chi connectivity index (χ4n) is 0.917. The molecule has 0 saturated carbocycles. The van der Waals surface area contributed by atoms with Crippen LogP contribution >= 0.6 is 0 Å². The fourth-order valence-corrected chi connectivity index (χ4v) is 0.917. The number of rotatable bonds is 3. The van der Waals surface area contributed by atoms with Crippen LogP contribution in [0.3, 0.4) is 0 Å². The van der Waals surface area contributed by atoms with Gasteiger partial charge in [-0.25, -0.2) is 4.99 Å². The van der Waals surface area contributed by atoms with Gasteiger partial charge in [0.15, 0.2) is 0 Å². The van der Waals surface area contributed by atoms with E-state index < -0.39 is 0 Å². The Morgan fingerprint density at radius 2 is 2.23 bits per heavy atom. The van der Waals surface area contributed by atoms with Crippen molar-refractivity contribution in [3.8, 4) is 0 Å². The summed E-state index contributed by atoms with van der Waals surface area (Å²) in [4.78, 5) is 6.07. The molecule has 1 aromatic carbocycles. The van der Waals surface area contributed by atoms with Gasteiger partial charge in [0.05, 0.1) is 18.6 Å². The van der Waals surface area contributed by atoms with Gasteiger partial charge in [0.1, 0.15) is 0 Å². The smallest absolute Gasteiger partial charge is 0.0907 e. The number of aliphatic imine (C=N–C) groups is 1. The molecule has 0 spiro atoms. The van der Waals surface area contributed by atoms with Crippen LogP contribution in [0.2, 0.25) is 0 Å². The molecule has 13 heavy (non-hydrogen) atoms. The molecule has 1 aromatic rings. The second-order valence-corrected chi connectivity index (χ2v) is 3.04. The van der Waals surface area contributed by atoms with Crippen LogP contribution in [0, 0.1) is 0 Å². The van der Waals surface area contributed by atoms with E-state index in [1.807, 2.05) is 43.3 Å². The van der Waals surface area contributed by atoms with Crippen molar-refractivity contribution in [2.75, 3.05) is 14.1 Å². The highest BCUT2D eigenvalue weighted by molar-refractivity contribution is 5.60. The largest absolute Gasteiger partial charge is 0.392 e. The summed E-state index contributed by atoms with van der Waals surface area (Å²) in [5.41, 5.74) is 1.74. The molecule has 0 bridgehead atoms. The summed E-state index contributed by atoms with van der Waals surface area (Å²) in [6, 6.07) is 7.52. The predicted molar refractivity (Wildman–Crippen MR) is 54.2 cm³/mol. The molecular formula is C10H14N2O. The first kappa shape index (κ1) is 9.74. The van der Waals surface area contributed by atoms with E-state index in [1.54, 1.807) is 6.34 Å². The number of aliphatic hydroxyl groups is 1. The summed E-state index contributed by atoms with van der Waals surface area (Å²) in [5.74, 6) is 0. The maximum absolute atomic E-state index is 8.88. The lowest BCUT2D eigenvalue weighted by atomic mass is 10.2. The van der Waals surface area contributed by atoms with Crippen LogP contribution in [-0.2, 0) is 6.61 Å². The molecule has 3 heteroatoms. The Balaban J connectivity index is 2.77. The SMILES string of the molecule is CN(C)C=Nc1cccc(CO)c1. The van der Waals surface area contributed by atoms with E-state index in [0.717, 1.165) is 11.3 Å². The molecule has 0 saturated heterocycles. The Bertz CT molecular complexity index is 295. The Kier molecular flexibility index (Phi) is 3.46. The summed E-state index contributed by atoms with van der Waals surface area (Å²) in [5, 5.41) is 8.88. The highest BCUT2D eigenvalue weighted by Crippen LogP contribution is 2.13. The summed E-state index contributed by atoms with van der Waals surface area (Å²) in [7, 11) is 3.83. The molecule has 0 atom stereocenters. The third-order valence-corrected chi connectivity index (χ3v) is 1.53. The molecule has 0 aliphatic carbocycles. The molecule has 0 aliphatic heterocycles. The molecule has 1 rings (SSSR count). The molecule has 0 amide bonds. The van der Waals surface area contributed by atoms with Crippen molar-refractivity contribution in [1.29, 1.82) is 0 Å². The van der Waals surface area contributed by atoms with E-state index in [-0.39, 0.29) is 6.61 Å². The molecule has 0 heterocycles. The van der Waals surface area contributed by atoms with E-state index in [2.05, 4.69) is 4.99 Å². The number of aliphatic hydroxyl groups excluding tert-OH is 1. The van der Waals surface area contributed by atoms with Crippen LogP contribution in [0.4, 0.5) is 5.69 Å². The molecule has 0 aliphatic rings. The topological polar surface area (TPSA) is 35.8 Å². The number of hydrogen-bond acceptors (Lipinski definition) is 2. The average Bonchev–Trinajstić information content (AvgIpc) is 2.15. The van der Waals surface area contributed by atoms with Crippen molar-refractivity contribution in [3.63, 3.8) is 0 Å². The zero-order valence-corrected chi connectivity index (χ0v) is 7.94. The second-order valence-electron chi connectivity index (χ2n) is 3.04. The van der Waals surface area contributed by atoms with Gasteiger partial charge < -0.3 is 10.0 Å². The standard InChI is InChI=1S/C10H14N2O/c1-12(2)8-11-10-5-3-4-9(6-10)7-13/h3-6,8,13H,7H2,1-2H3. The Morgan fingerprint density at radius 3 is 2.85 bits per heavy atom. The van der Waals surface area contributed by atoms with E-state index in [4.69, 9.17) is 5.11 Å². The predicted octanol–water partition coefficient (Wildman–Crippen LogP) is 1.40. The number of benzene rings is 1. The van der Waals surface area contributed by atoms with Gasteiger partial charge in [0.2, 0.25) is 0 Å². The zero-order valence-electron chi connectivity index (χ0n) is 7.94. The summed E-state index contributed by atoms with van der Waals surface area (Å²) in [6.07, 6.45) is 1.73. The van der Waals surface area contributed by atoms with E-state index in [0.29, 0.717) is 0 Å². The highest BCUT2D eigenvalue weighted by Gasteiger charge is 1.91. The quantitative estimate of drug-likeness (QED) is 0.561. The van der Waals surface area contributed by atoms with Gasteiger partial charge in [0, 0.05) is 14.1 Å². The minimum Gasteiger partial charge on any atom is -0.392 e.